The van der Waals surface area contributed by atoms with E-state index >= 15 is 0 Å². The summed E-state index contributed by atoms with van der Waals surface area (Å²) in [5, 5.41) is 11.5. The molecule has 0 aliphatic heterocycles. The summed E-state index contributed by atoms with van der Waals surface area (Å²) < 4.78 is 0. The summed E-state index contributed by atoms with van der Waals surface area (Å²) in [5.74, 6) is -0.246. The van der Waals surface area contributed by atoms with Crippen molar-refractivity contribution < 1.29 is 14.7 Å². The lowest BCUT2D eigenvalue weighted by atomic mass is 9.85. The molecule has 5 nitrogen and oxygen atoms in total. The smallest absolute Gasteiger partial charge is 0.317 e. The Bertz CT molecular complexity index is 277. The Labute approximate surface area is 102 Å². The maximum Gasteiger partial charge on any atom is 0.317 e. The fraction of sp³-hybridized carbons (Fsp3) is 0.833. The van der Waals surface area contributed by atoms with Gasteiger partial charge in [-0.3, -0.25) is 4.79 Å². The zero-order chi connectivity index (χ0) is 12.8. The van der Waals surface area contributed by atoms with Gasteiger partial charge < -0.3 is 15.3 Å². The molecule has 0 radical (unpaired) electrons. The van der Waals surface area contributed by atoms with E-state index < -0.39 is 5.97 Å². The molecule has 98 valence electrons. The van der Waals surface area contributed by atoms with Crippen LogP contribution in [0, 0.1) is 5.92 Å². The number of aliphatic carboxylic acids is 1. The number of urea groups is 1. The molecule has 1 atom stereocenters. The third-order valence-electron chi connectivity index (χ3n) is 3.34. The van der Waals surface area contributed by atoms with Crippen LogP contribution in [0.15, 0.2) is 0 Å². The first-order chi connectivity index (χ1) is 8.02. The van der Waals surface area contributed by atoms with Gasteiger partial charge in [-0.25, -0.2) is 4.79 Å². The number of carbonyl (C=O) groups is 2. The van der Waals surface area contributed by atoms with Gasteiger partial charge in [-0.2, -0.15) is 0 Å². The van der Waals surface area contributed by atoms with E-state index in [9.17, 15) is 9.59 Å². The summed E-state index contributed by atoms with van der Waals surface area (Å²) in [7, 11) is 1.77. The quantitative estimate of drug-likeness (QED) is 0.744. The van der Waals surface area contributed by atoms with Crippen molar-refractivity contribution in [2.45, 2.75) is 45.1 Å². The molecule has 17 heavy (non-hydrogen) atoms. The van der Waals surface area contributed by atoms with E-state index in [4.69, 9.17) is 5.11 Å². The Morgan fingerprint density at radius 2 is 2.12 bits per heavy atom. The molecule has 0 bridgehead atoms. The highest BCUT2D eigenvalue weighted by molar-refractivity contribution is 5.75. The van der Waals surface area contributed by atoms with E-state index in [1.165, 1.54) is 19.3 Å². The van der Waals surface area contributed by atoms with E-state index in [0.29, 0.717) is 12.3 Å². The standard InChI is InChI=1S/C12H22N2O3/c1-3-10(7-11(15)16)13-12(17)14(2)8-9-5-4-6-9/h9-10H,3-8H2,1-2H3,(H,13,17)(H,15,16). The highest BCUT2D eigenvalue weighted by Crippen LogP contribution is 2.26. The molecule has 0 aromatic rings. The Morgan fingerprint density at radius 1 is 1.47 bits per heavy atom. The van der Waals surface area contributed by atoms with Crippen molar-refractivity contribution in [3.63, 3.8) is 0 Å². The van der Waals surface area contributed by atoms with Gasteiger partial charge in [0.05, 0.1) is 6.42 Å². The van der Waals surface area contributed by atoms with Crippen LogP contribution >= 0.6 is 0 Å². The van der Waals surface area contributed by atoms with Gasteiger partial charge in [0.15, 0.2) is 0 Å². The number of carboxylic acid groups (broad SMARTS) is 1. The highest BCUT2D eigenvalue weighted by Gasteiger charge is 2.22. The van der Waals surface area contributed by atoms with Crippen molar-refractivity contribution in [2.24, 2.45) is 5.92 Å². The topological polar surface area (TPSA) is 69.6 Å². The molecule has 0 heterocycles. The van der Waals surface area contributed by atoms with Crippen LogP contribution in [0.3, 0.4) is 0 Å². The predicted octanol–water partition coefficient (Wildman–Crippen LogP) is 1.68. The summed E-state index contributed by atoms with van der Waals surface area (Å²) in [4.78, 5) is 24.0. The van der Waals surface area contributed by atoms with Gasteiger partial charge in [-0.1, -0.05) is 13.3 Å². The SMILES string of the molecule is CCC(CC(=O)O)NC(=O)N(C)CC1CCC1. The highest BCUT2D eigenvalue weighted by atomic mass is 16.4. The van der Waals surface area contributed by atoms with Crippen molar-refractivity contribution in [3.05, 3.63) is 0 Å². The Morgan fingerprint density at radius 3 is 2.53 bits per heavy atom. The molecule has 5 heteroatoms. The van der Waals surface area contributed by atoms with Crippen molar-refractivity contribution in [3.8, 4) is 0 Å². The first kappa shape index (κ1) is 13.8. The molecule has 1 saturated carbocycles. The number of hydrogen-bond donors (Lipinski definition) is 2. The minimum atomic E-state index is -0.876. The van der Waals surface area contributed by atoms with Gasteiger partial charge in [0, 0.05) is 19.6 Å². The normalized spacial score (nSPS) is 17.1. The molecule has 1 rings (SSSR count). The molecule has 2 N–H and O–H groups in total. The van der Waals surface area contributed by atoms with Crippen LogP contribution < -0.4 is 5.32 Å². The lowest BCUT2D eigenvalue weighted by Gasteiger charge is -2.31. The summed E-state index contributed by atoms with van der Waals surface area (Å²) in [6, 6.07) is -0.436. The molecule has 2 amide bonds. The molecular formula is C12H22N2O3. The molecule has 0 aromatic heterocycles. The van der Waals surface area contributed by atoms with Gasteiger partial charge >= 0.3 is 12.0 Å². The van der Waals surface area contributed by atoms with Crippen LogP contribution in [0.25, 0.3) is 0 Å². The zero-order valence-corrected chi connectivity index (χ0v) is 10.6. The first-order valence-corrected chi connectivity index (χ1v) is 6.26. The van der Waals surface area contributed by atoms with Crippen LogP contribution in [0.5, 0.6) is 0 Å². The molecule has 0 saturated heterocycles. The second-order valence-corrected chi connectivity index (χ2v) is 4.83. The zero-order valence-electron chi connectivity index (χ0n) is 10.6. The number of nitrogens with zero attached hydrogens (tertiary/aromatic N) is 1. The number of hydrogen-bond acceptors (Lipinski definition) is 2. The fourth-order valence-corrected chi connectivity index (χ4v) is 1.94. The Balaban J connectivity index is 2.31. The molecule has 1 fully saturated rings. The number of carbonyl (C=O) groups excluding carboxylic acids is 1. The van der Waals surface area contributed by atoms with Crippen molar-refractivity contribution >= 4 is 12.0 Å². The molecule has 1 aliphatic carbocycles. The number of carboxylic acids is 1. The van der Waals surface area contributed by atoms with E-state index in [2.05, 4.69) is 5.32 Å². The van der Waals surface area contributed by atoms with Crippen LogP contribution in [-0.4, -0.2) is 41.6 Å². The number of amides is 2. The summed E-state index contributed by atoms with van der Waals surface area (Å²) in [6.45, 7) is 2.65. The van der Waals surface area contributed by atoms with Crippen LogP contribution in [-0.2, 0) is 4.79 Å². The molecule has 0 spiro atoms. The van der Waals surface area contributed by atoms with Crippen LogP contribution in [0.2, 0.25) is 0 Å². The lowest BCUT2D eigenvalue weighted by molar-refractivity contribution is -0.137. The monoisotopic (exact) mass is 242 g/mol. The van der Waals surface area contributed by atoms with Gasteiger partial charge in [0.2, 0.25) is 0 Å². The summed E-state index contributed by atoms with van der Waals surface area (Å²) in [5.41, 5.74) is 0. The summed E-state index contributed by atoms with van der Waals surface area (Å²) in [6.07, 6.45) is 4.28. The maximum absolute atomic E-state index is 11.8. The van der Waals surface area contributed by atoms with Gasteiger partial charge in [0.25, 0.3) is 0 Å². The molecule has 0 aromatic carbocycles. The molecule has 1 aliphatic rings. The summed E-state index contributed by atoms with van der Waals surface area (Å²) >= 11 is 0. The number of nitrogens with one attached hydrogen (secondary N) is 1. The van der Waals surface area contributed by atoms with Crippen molar-refractivity contribution in [1.29, 1.82) is 0 Å². The lowest BCUT2D eigenvalue weighted by Crippen LogP contribution is -2.45. The second-order valence-electron chi connectivity index (χ2n) is 4.83. The molecular weight excluding hydrogens is 220 g/mol. The largest absolute Gasteiger partial charge is 0.481 e. The van der Waals surface area contributed by atoms with E-state index in [-0.39, 0.29) is 18.5 Å². The fourth-order valence-electron chi connectivity index (χ4n) is 1.94. The van der Waals surface area contributed by atoms with Gasteiger partial charge in [-0.15, -0.1) is 0 Å². The Hall–Kier alpha value is -1.26. The van der Waals surface area contributed by atoms with Crippen molar-refractivity contribution in [1.82, 2.24) is 10.2 Å². The Kier molecular flexibility index (Phi) is 5.25. The predicted molar refractivity (Wildman–Crippen MR) is 64.8 cm³/mol. The third-order valence-corrected chi connectivity index (χ3v) is 3.34. The van der Waals surface area contributed by atoms with E-state index in [1.807, 2.05) is 6.92 Å². The van der Waals surface area contributed by atoms with Crippen molar-refractivity contribution in [2.75, 3.05) is 13.6 Å². The minimum Gasteiger partial charge on any atom is -0.481 e. The van der Waals surface area contributed by atoms with Gasteiger partial charge in [0.1, 0.15) is 0 Å². The van der Waals surface area contributed by atoms with Crippen LogP contribution in [0.1, 0.15) is 39.0 Å². The first-order valence-electron chi connectivity index (χ1n) is 6.26. The molecule has 1 unspecified atom stereocenters. The average Bonchev–Trinajstić information content (AvgIpc) is 2.21. The minimum absolute atomic E-state index is 0.0144. The van der Waals surface area contributed by atoms with Crippen LogP contribution in [0.4, 0.5) is 4.79 Å². The average molecular weight is 242 g/mol. The number of rotatable bonds is 6. The third kappa shape index (κ3) is 4.63. The van der Waals surface area contributed by atoms with E-state index in [1.54, 1.807) is 11.9 Å². The maximum atomic E-state index is 11.8. The van der Waals surface area contributed by atoms with E-state index in [0.717, 1.165) is 6.54 Å². The second kappa shape index (κ2) is 6.47. The van der Waals surface area contributed by atoms with Gasteiger partial charge in [-0.05, 0) is 25.2 Å².